The second-order valence-corrected chi connectivity index (χ2v) is 8.92. The smallest absolute Gasteiger partial charge is 0.234 e. The summed E-state index contributed by atoms with van der Waals surface area (Å²) in [6, 6.07) is 6.07. The Morgan fingerprint density at radius 3 is 2.93 bits per heavy atom. The number of imidazole rings is 1. The van der Waals surface area contributed by atoms with Gasteiger partial charge >= 0.3 is 0 Å². The minimum atomic E-state index is 0.0106. The minimum Gasteiger partial charge on any atom is -0.340 e. The molecule has 3 aromatic heterocycles. The van der Waals surface area contributed by atoms with E-state index in [0.717, 1.165) is 38.2 Å². The molecule has 0 saturated carbocycles. The van der Waals surface area contributed by atoms with E-state index in [1.807, 2.05) is 16.8 Å². The number of hydrogen-bond donors (Lipinski definition) is 2. The molecule has 5 rings (SSSR count). The Bertz CT molecular complexity index is 974. The molecule has 0 aromatic carbocycles. The van der Waals surface area contributed by atoms with Crippen molar-refractivity contribution in [1.82, 2.24) is 35.1 Å². The molecule has 3 atom stereocenters. The molecule has 3 aromatic rings. The molecule has 0 bridgehead atoms. The number of nitrogens with zero attached hydrogens (tertiary/aromatic N) is 5. The highest BCUT2D eigenvalue weighted by Gasteiger charge is 2.34. The summed E-state index contributed by atoms with van der Waals surface area (Å²) in [7, 11) is 0. The van der Waals surface area contributed by atoms with Gasteiger partial charge in [-0.2, -0.15) is 0 Å². The van der Waals surface area contributed by atoms with Crippen LogP contribution in [0.5, 0.6) is 0 Å². The fourth-order valence-corrected chi connectivity index (χ4v) is 5.16. The maximum atomic E-state index is 12.3. The predicted octanol–water partition coefficient (Wildman–Crippen LogP) is 2.11. The second kappa shape index (κ2) is 8.63. The normalized spacial score (nSPS) is 25.2. The van der Waals surface area contributed by atoms with Crippen LogP contribution in [-0.2, 0) is 11.3 Å². The third-order valence-corrected chi connectivity index (χ3v) is 6.78. The standard InChI is InChI=1S/C21H25N7OS/c29-19-10-17(18-5-2-9-30-18)25-20(26-19)15-4-1-8-27(11-15)12-16-13-28(14-24-16)21-22-6-3-7-23-21/h2-3,5-7,9,13-15,17,20,25H,1,4,8,10-12H2,(H,26,29). The van der Waals surface area contributed by atoms with Crippen molar-refractivity contribution in [3.05, 3.63) is 59.1 Å². The Labute approximate surface area is 179 Å². The Morgan fingerprint density at radius 1 is 1.20 bits per heavy atom. The molecule has 30 heavy (non-hydrogen) atoms. The molecule has 2 saturated heterocycles. The van der Waals surface area contributed by atoms with Crippen LogP contribution in [0.2, 0.25) is 0 Å². The Balaban J connectivity index is 1.23. The van der Waals surface area contributed by atoms with Crippen molar-refractivity contribution in [2.75, 3.05) is 13.1 Å². The summed E-state index contributed by atoms with van der Waals surface area (Å²) >= 11 is 1.71. The Hall–Kier alpha value is -2.62. The van der Waals surface area contributed by atoms with Gasteiger partial charge in [0.2, 0.25) is 11.9 Å². The van der Waals surface area contributed by atoms with E-state index in [0.29, 0.717) is 18.3 Å². The van der Waals surface area contributed by atoms with Crippen molar-refractivity contribution in [3.8, 4) is 5.95 Å². The minimum absolute atomic E-state index is 0.0106. The summed E-state index contributed by atoms with van der Waals surface area (Å²) in [5.41, 5.74) is 1.00. The number of nitrogens with one attached hydrogen (secondary N) is 2. The number of rotatable bonds is 5. The number of aromatic nitrogens is 4. The van der Waals surface area contributed by atoms with Crippen LogP contribution < -0.4 is 10.6 Å². The van der Waals surface area contributed by atoms with Crippen molar-refractivity contribution in [3.63, 3.8) is 0 Å². The average Bonchev–Trinajstić information content (AvgIpc) is 3.47. The van der Waals surface area contributed by atoms with Gasteiger partial charge in [0.15, 0.2) is 0 Å². The molecule has 8 nitrogen and oxygen atoms in total. The molecule has 0 aliphatic carbocycles. The van der Waals surface area contributed by atoms with Gasteiger partial charge in [-0.05, 0) is 36.9 Å². The molecular weight excluding hydrogens is 398 g/mol. The van der Waals surface area contributed by atoms with Gasteiger partial charge in [0, 0.05) is 48.9 Å². The highest BCUT2D eigenvalue weighted by molar-refractivity contribution is 7.10. The maximum absolute atomic E-state index is 12.3. The lowest BCUT2D eigenvalue weighted by atomic mass is 9.92. The SMILES string of the molecule is O=C1CC(c2cccs2)NC(C2CCCN(Cc3cn(-c4ncccn4)cn3)C2)N1. The number of thiophene rings is 1. The second-order valence-electron chi connectivity index (χ2n) is 7.94. The van der Waals surface area contributed by atoms with E-state index in [9.17, 15) is 4.79 Å². The largest absolute Gasteiger partial charge is 0.340 e. The van der Waals surface area contributed by atoms with Gasteiger partial charge < -0.3 is 5.32 Å². The molecule has 0 spiro atoms. The zero-order chi connectivity index (χ0) is 20.3. The molecule has 9 heteroatoms. The Kier molecular flexibility index (Phi) is 5.56. The lowest BCUT2D eigenvalue weighted by molar-refractivity contribution is -0.125. The summed E-state index contributed by atoms with van der Waals surface area (Å²) in [4.78, 5) is 29.1. The molecule has 2 N–H and O–H groups in total. The van der Waals surface area contributed by atoms with Crippen molar-refractivity contribution in [1.29, 1.82) is 0 Å². The van der Waals surface area contributed by atoms with Crippen molar-refractivity contribution in [2.45, 2.75) is 38.0 Å². The van der Waals surface area contributed by atoms with Crippen LogP contribution in [0.3, 0.4) is 0 Å². The van der Waals surface area contributed by atoms with Crippen molar-refractivity contribution in [2.24, 2.45) is 5.92 Å². The zero-order valence-corrected chi connectivity index (χ0v) is 17.5. The van der Waals surface area contributed by atoms with Crippen LogP contribution in [0.1, 0.15) is 35.9 Å². The summed E-state index contributed by atoms with van der Waals surface area (Å²) in [5.74, 6) is 1.14. The Morgan fingerprint density at radius 2 is 2.10 bits per heavy atom. The van der Waals surface area contributed by atoms with E-state index < -0.39 is 0 Å². The molecule has 3 unspecified atom stereocenters. The van der Waals surface area contributed by atoms with E-state index in [2.05, 4.69) is 41.9 Å². The van der Waals surface area contributed by atoms with E-state index in [-0.39, 0.29) is 18.1 Å². The lowest BCUT2D eigenvalue weighted by Crippen LogP contribution is -2.59. The van der Waals surface area contributed by atoms with Gasteiger partial charge in [0.1, 0.15) is 6.33 Å². The first-order chi connectivity index (χ1) is 14.7. The quantitative estimate of drug-likeness (QED) is 0.654. The lowest BCUT2D eigenvalue weighted by Gasteiger charge is -2.41. The highest BCUT2D eigenvalue weighted by atomic mass is 32.1. The molecule has 156 valence electrons. The number of likely N-dealkylation sites (tertiary alicyclic amines) is 1. The molecule has 0 radical (unpaired) electrons. The van der Waals surface area contributed by atoms with Gasteiger partial charge in [-0.25, -0.2) is 15.0 Å². The first-order valence-electron chi connectivity index (χ1n) is 10.4. The molecular formula is C21H25N7OS. The van der Waals surface area contributed by atoms with Crippen LogP contribution in [0.15, 0.2) is 48.5 Å². The van der Waals surface area contributed by atoms with Gasteiger partial charge in [0.25, 0.3) is 0 Å². The molecule has 2 aliphatic heterocycles. The summed E-state index contributed by atoms with van der Waals surface area (Å²) < 4.78 is 1.85. The molecule has 1 amide bonds. The van der Waals surface area contributed by atoms with E-state index >= 15 is 0 Å². The number of carbonyl (C=O) groups excluding carboxylic acids is 1. The first kappa shape index (κ1) is 19.3. The zero-order valence-electron chi connectivity index (χ0n) is 16.6. The summed E-state index contributed by atoms with van der Waals surface area (Å²) in [6.07, 6.45) is 9.96. The van der Waals surface area contributed by atoms with Crippen LogP contribution in [0.25, 0.3) is 5.95 Å². The fraction of sp³-hybridized carbons (Fsp3) is 0.429. The maximum Gasteiger partial charge on any atom is 0.234 e. The number of amides is 1. The third-order valence-electron chi connectivity index (χ3n) is 5.79. The number of piperidine rings is 1. The first-order valence-corrected chi connectivity index (χ1v) is 11.2. The number of carbonyl (C=O) groups is 1. The third kappa shape index (κ3) is 4.28. The average molecular weight is 424 g/mol. The number of hydrogen-bond acceptors (Lipinski definition) is 7. The summed E-state index contributed by atoms with van der Waals surface area (Å²) in [6.45, 7) is 2.76. The van der Waals surface area contributed by atoms with Crippen LogP contribution in [0, 0.1) is 5.92 Å². The van der Waals surface area contributed by atoms with Gasteiger partial charge in [0.05, 0.1) is 17.9 Å². The highest BCUT2D eigenvalue weighted by Crippen LogP contribution is 2.28. The van der Waals surface area contributed by atoms with Gasteiger partial charge in [-0.1, -0.05) is 6.07 Å². The van der Waals surface area contributed by atoms with Crippen LogP contribution >= 0.6 is 11.3 Å². The van der Waals surface area contributed by atoms with Gasteiger partial charge in [-0.15, -0.1) is 11.3 Å². The predicted molar refractivity (Wildman–Crippen MR) is 114 cm³/mol. The van der Waals surface area contributed by atoms with Gasteiger partial charge in [-0.3, -0.25) is 19.6 Å². The molecule has 2 fully saturated rings. The van der Waals surface area contributed by atoms with E-state index in [1.165, 1.54) is 4.88 Å². The fourth-order valence-electron chi connectivity index (χ4n) is 4.38. The van der Waals surface area contributed by atoms with Crippen LogP contribution in [0.4, 0.5) is 0 Å². The molecule has 5 heterocycles. The van der Waals surface area contributed by atoms with Crippen molar-refractivity contribution >= 4 is 17.2 Å². The van der Waals surface area contributed by atoms with E-state index in [4.69, 9.17) is 0 Å². The van der Waals surface area contributed by atoms with Crippen molar-refractivity contribution < 1.29 is 4.79 Å². The monoisotopic (exact) mass is 423 g/mol. The van der Waals surface area contributed by atoms with Crippen LogP contribution in [-0.4, -0.2) is 49.6 Å². The molecule has 2 aliphatic rings. The summed E-state index contributed by atoms with van der Waals surface area (Å²) in [5, 5.41) is 8.93. The van der Waals surface area contributed by atoms with E-state index in [1.54, 1.807) is 36.1 Å². The topological polar surface area (TPSA) is 88.0 Å².